The van der Waals surface area contributed by atoms with Crippen molar-refractivity contribution in [3.8, 4) is 5.69 Å². The smallest absolute Gasteiger partial charge is 0.118 e. The Morgan fingerprint density at radius 1 is 0.741 bits per heavy atom. The van der Waals surface area contributed by atoms with E-state index in [1.807, 2.05) is 22.9 Å². The van der Waals surface area contributed by atoms with E-state index in [9.17, 15) is 0 Å². The molecule has 0 spiro atoms. The van der Waals surface area contributed by atoms with Crippen molar-refractivity contribution in [3.63, 3.8) is 0 Å². The Morgan fingerprint density at radius 2 is 1.26 bits per heavy atom. The molecule has 0 aliphatic heterocycles. The zero-order valence-electron chi connectivity index (χ0n) is 15.4. The number of aromatic nitrogens is 3. The predicted molar refractivity (Wildman–Crippen MR) is 114 cm³/mol. The van der Waals surface area contributed by atoms with Gasteiger partial charge < -0.3 is 0 Å². The van der Waals surface area contributed by atoms with Crippen LogP contribution in [0.4, 0.5) is 0 Å². The van der Waals surface area contributed by atoms with Crippen molar-refractivity contribution in [1.29, 1.82) is 0 Å². The molecule has 0 aliphatic carbocycles. The molecule has 0 fully saturated rings. The first-order valence-corrected chi connectivity index (χ1v) is 10.6. The van der Waals surface area contributed by atoms with Crippen LogP contribution in [0.1, 0.15) is 19.0 Å². The summed E-state index contributed by atoms with van der Waals surface area (Å²) in [5, 5.41) is 11.9. The monoisotopic (exact) mass is 371 g/mol. The summed E-state index contributed by atoms with van der Waals surface area (Å²) in [4.78, 5) is 0. The molecule has 3 nitrogen and oxygen atoms in total. The fourth-order valence-electron chi connectivity index (χ4n) is 3.25. The molecule has 4 heteroatoms. The van der Waals surface area contributed by atoms with Gasteiger partial charge >= 0.3 is 0 Å². The summed E-state index contributed by atoms with van der Waals surface area (Å²) in [5.74, 6) is 0. The maximum Gasteiger partial charge on any atom is 0.118 e. The highest BCUT2D eigenvalue weighted by molar-refractivity contribution is 7.79. The van der Waals surface area contributed by atoms with Crippen molar-refractivity contribution >= 4 is 24.0 Å². The van der Waals surface area contributed by atoms with Gasteiger partial charge in [0.25, 0.3) is 0 Å². The lowest BCUT2D eigenvalue weighted by molar-refractivity contribution is 0.746. The lowest BCUT2D eigenvalue weighted by Crippen LogP contribution is -2.24. The molecule has 0 amide bonds. The van der Waals surface area contributed by atoms with E-state index in [0.29, 0.717) is 0 Å². The maximum absolute atomic E-state index is 4.71. The highest BCUT2D eigenvalue weighted by Gasteiger charge is 2.25. The van der Waals surface area contributed by atoms with Crippen molar-refractivity contribution < 1.29 is 0 Å². The van der Waals surface area contributed by atoms with Crippen LogP contribution in [0.2, 0.25) is 0 Å². The average Bonchev–Trinajstić information content (AvgIpc) is 3.14. The van der Waals surface area contributed by atoms with Gasteiger partial charge in [-0.2, -0.15) is 0 Å². The Bertz CT molecular complexity index is 943. The molecular weight excluding hydrogens is 349 g/mol. The lowest BCUT2D eigenvalue weighted by atomic mass is 10.2. The van der Waals surface area contributed by atoms with Crippen molar-refractivity contribution in [1.82, 2.24) is 15.0 Å². The molecular formula is C23H22N3P. The van der Waals surface area contributed by atoms with E-state index < -0.39 is 7.92 Å². The molecule has 0 saturated carbocycles. The maximum atomic E-state index is 4.71. The highest BCUT2D eigenvalue weighted by atomic mass is 31.1. The normalized spacial score (nSPS) is 11.0. The van der Waals surface area contributed by atoms with Crippen LogP contribution < -0.4 is 16.0 Å². The number of nitrogens with zero attached hydrogens (tertiary/aromatic N) is 3. The van der Waals surface area contributed by atoms with Gasteiger partial charge in [0, 0.05) is 7.92 Å². The Morgan fingerprint density at radius 3 is 1.78 bits per heavy atom. The second-order valence-corrected chi connectivity index (χ2v) is 8.49. The molecule has 27 heavy (non-hydrogen) atoms. The third-order valence-electron chi connectivity index (χ3n) is 4.47. The second kappa shape index (κ2) is 8.28. The Balaban J connectivity index is 1.89. The van der Waals surface area contributed by atoms with Crippen molar-refractivity contribution in [2.75, 3.05) is 0 Å². The third-order valence-corrected chi connectivity index (χ3v) is 6.87. The minimum absolute atomic E-state index is 0.742. The number of hydrogen-bond donors (Lipinski definition) is 0. The van der Waals surface area contributed by atoms with Gasteiger partial charge in [0.15, 0.2) is 0 Å². The minimum atomic E-state index is -0.742. The van der Waals surface area contributed by atoms with Gasteiger partial charge in [0.1, 0.15) is 5.44 Å². The van der Waals surface area contributed by atoms with E-state index >= 15 is 0 Å². The quantitative estimate of drug-likeness (QED) is 0.480. The van der Waals surface area contributed by atoms with Crippen LogP contribution in [0.15, 0.2) is 91.0 Å². The average molecular weight is 371 g/mol. The fourth-order valence-corrected chi connectivity index (χ4v) is 5.57. The minimum Gasteiger partial charge on any atom is -0.217 e. The molecule has 1 heterocycles. The summed E-state index contributed by atoms with van der Waals surface area (Å²) in [6.07, 6.45) is 2.01. The lowest BCUT2D eigenvalue weighted by Gasteiger charge is -2.18. The van der Waals surface area contributed by atoms with Crippen LogP contribution >= 0.6 is 7.92 Å². The third kappa shape index (κ3) is 3.70. The summed E-state index contributed by atoms with van der Waals surface area (Å²) in [6, 6.07) is 31.7. The van der Waals surface area contributed by atoms with Gasteiger partial charge in [-0.25, -0.2) is 4.68 Å². The van der Waals surface area contributed by atoms with Crippen molar-refractivity contribution in [2.24, 2.45) is 0 Å². The number of hydrogen-bond acceptors (Lipinski definition) is 2. The summed E-state index contributed by atoms with van der Waals surface area (Å²) >= 11 is 0. The van der Waals surface area contributed by atoms with Gasteiger partial charge in [-0.05, 0) is 29.2 Å². The largest absolute Gasteiger partial charge is 0.217 e. The standard InChI is InChI=1S/C23H22N3P/c1-2-12-22-23(24-25-26(22)19-13-6-3-7-14-19)27(20-15-8-4-9-16-20)21-17-10-5-11-18-21/h3-11,13-18H,2,12H2,1H3. The number of rotatable bonds is 6. The van der Waals surface area contributed by atoms with Gasteiger partial charge in [-0.3, -0.25) is 0 Å². The summed E-state index contributed by atoms with van der Waals surface area (Å²) in [5.41, 5.74) is 3.38. The summed E-state index contributed by atoms with van der Waals surface area (Å²) < 4.78 is 2.01. The molecule has 0 aliphatic rings. The molecule has 0 radical (unpaired) electrons. The number of benzene rings is 3. The van der Waals surface area contributed by atoms with Crippen LogP contribution in [-0.4, -0.2) is 15.0 Å². The van der Waals surface area contributed by atoms with Crippen LogP contribution in [0, 0.1) is 0 Å². The van der Waals surface area contributed by atoms with Crippen LogP contribution in [0.5, 0.6) is 0 Å². The second-order valence-electron chi connectivity index (χ2n) is 6.36. The van der Waals surface area contributed by atoms with Gasteiger partial charge in [-0.15, -0.1) is 5.10 Å². The van der Waals surface area contributed by atoms with Crippen LogP contribution in [0.3, 0.4) is 0 Å². The molecule has 1 aromatic heterocycles. The number of para-hydroxylation sites is 1. The van der Waals surface area contributed by atoms with Gasteiger partial charge in [0.05, 0.1) is 11.4 Å². The van der Waals surface area contributed by atoms with Crippen LogP contribution in [-0.2, 0) is 6.42 Å². The van der Waals surface area contributed by atoms with Gasteiger partial charge in [-0.1, -0.05) is 97.4 Å². The molecule has 134 valence electrons. The molecule has 0 N–H and O–H groups in total. The van der Waals surface area contributed by atoms with Gasteiger partial charge in [0.2, 0.25) is 0 Å². The first-order valence-electron chi connectivity index (χ1n) is 9.28. The van der Waals surface area contributed by atoms with E-state index in [0.717, 1.165) is 24.0 Å². The van der Waals surface area contributed by atoms with E-state index in [1.54, 1.807) is 0 Å². The fraction of sp³-hybridized carbons (Fsp3) is 0.130. The Kier molecular flexibility index (Phi) is 5.41. The van der Waals surface area contributed by atoms with E-state index in [1.165, 1.54) is 16.3 Å². The Labute approximate surface area is 161 Å². The van der Waals surface area contributed by atoms with E-state index in [-0.39, 0.29) is 0 Å². The zero-order chi connectivity index (χ0) is 18.5. The molecule has 3 aromatic carbocycles. The molecule has 0 atom stereocenters. The molecule has 4 rings (SSSR count). The first-order chi connectivity index (χ1) is 13.4. The van der Waals surface area contributed by atoms with E-state index in [2.05, 4.69) is 84.9 Å². The van der Waals surface area contributed by atoms with E-state index in [4.69, 9.17) is 5.10 Å². The SMILES string of the molecule is CCCc1c(P(c2ccccc2)c2ccccc2)nnn1-c1ccccc1. The summed E-state index contributed by atoms with van der Waals surface area (Å²) in [7, 11) is -0.742. The van der Waals surface area contributed by atoms with Crippen molar-refractivity contribution in [3.05, 3.63) is 96.7 Å². The Hall–Kier alpha value is -2.77. The highest BCUT2D eigenvalue weighted by Crippen LogP contribution is 2.33. The molecule has 4 aromatic rings. The topological polar surface area (TPSA) is 30.7 Å². The van der Waals surface area contributed by atoms with Crippen molar-refractivity contribution in [2.45, 2.75) is 19.8 Å². The summed E-state index contributed by atoms with van der Waals surface area (Å²) in [6.45, 7) is 2.21. The molecule has 0 bridgehead atoms. The molecule has 0 unspecified atom stereocenters. The zero-order valence-corrected chi connectivity index (χ0v) is 16.3. The molecule has 0 saturated heterocycles. The van der Waals surface area contributed by atoms with Crippen LogP contribution in [0.25, 0.3) is 5.69 Å². The predicted octanol–water partition coefficient (Wildman–Crippen LogP) is 3.98. The first kappa shape index (κ1) is 17.6.